The number of hydrogen-bond acceptors (Lipinski definition) is 6. The molecule has 0 radical (unpaired) electrons. The van der Waals surface area contributed by atoms with Gasteiger partial charge in [0.2, 0.25) is 0 Å². The van der Waals surface area contributed by atoms with Crippen molar-refractivity contribution >= 4 is 17.3 Å². The highest BCUT2D eigenvalue weighted by atomic mass is 19.1. The first kappa shape index (κ1) is 23.3. The SMILES string of the molecule is O=C(Nc1cnccc1F)C1=NCCCc2ccc(-c3cncc(CN4CCC(O)CC4)c3)cc21. The average molecular weight is 474 g/mol. The zero-order valence-electron chi connectivity index (χ0n) is 19.5. The number of aliphatic imine (C=N–C) groups is 1. The van der Waals surface area contributed by atoms with Crippen LogP contribution in [0.25, 0.3) is 11.1 Å². The van der Waals surface area contributed by atoms with Gasteiger partial charge in [0.05, 0.1) is 18.0 Å². The summed E-state index contributed by atoms with van der Waals surface area (Å²) in [4.78, 5) is 28.3. The van der Waals surface area contributed by atoms with Gasteiger partial charge < -0.3 is 10.4 Å². The number of anilines is 1. The maximum atomic E-state index is 14.1. The molecule has 2 aliphatic rings. The Kier molecular flexibility index (Phi) is 6.92. The number of piperidine rings is 1. The molecular weight excluding hydrogens is 445 g/mol. The molecule has 1 saturated heterocycles. The predicted octanol–water partition coefficient (Wildman–Crippen LogP) is 3.61. The van der Waals surface area contributed by atoms with E-state index >= 15 is 0 Å². The molecule has 7 nitrogen and oxygen atoms in total. The first-order valence-electron chi connectivity index (χ1n) is 12.0. The van der Waals surface area contributed by atoms with Crippen molar-refractivity contribution in [2.45, 2.75) is 38.3 Å². The summed E-state index contributed by atoms with van der Waals surface area (Å²) >= 11 is 0. The Labute approximate surface area is 203 Å². The molecule has 1 aromatic carbocycles. The van der Waals surface area contributed by atoms with Crippen molar-refractivity contribution in [3.63, 3.8) is 0 Å². The smallest absolute Gasteiger partial charge is 0.274 e. The summed E-state index contributed by atoms with van der Waals surface area (Å²) < 4.78 is 14.1. The molecule has 180 valence electrons. The van der Waals surface area contributed by atoms with E-state index in [-0.39, 0.29) is 11.8 Å². The van der Waals surface area contributed by atoms with E-state index in [1.807, 2.05) is 24.5 Å². The van der Waals surface area contributed by atoms with Gasteiger partial charge in [0, 0.05) is 55.9 Å². The molecule has 2 aromatic heterocycles. The van der Waals surface area contributed by atoms with Crippen molar-refractivity contribution < 1.29 is 14.3 Å². The fourth-order valence-electron chi connectivity index (χ4n) is 4.65. The number of hydrogen-bond donors (Lipinski definition) is 2. The van der Waals surface area contributed by atoms with Crippen LogP contribution in [0, 0.1) is 5.82 Å². The number of aryl methyl sites for hydroxylation is 1. The van der Waals surface area contributed by atoms with Gasteiger partial charge in [-0.2, -0.15) is 0 Å². The maximum absolute atomic E-state index is 14.1. The zero-order chi connectivity index (χ0) is 24.2. The topological polar surface area (TPSA) is 90.7 Å². The number of halogens is 1. The molecule has 0 saturated carbocycles. The lowest BCUT2D eigenvalue weighted by molar-refractivity contribution is -0.110. The van der Waals surface area contributed by atoms with Crippen molar-refractivity contribution in [2.24, 2.45) is 4.99 Å². The third-order valence-corrected chi connectivity index (χ3v) is 6.56. The summed E-state index contributed by atoms with van der Waals surface area (Å²) in [7, 11) is 0. The summed E-state index contributed by atoms with van der Waals surface area (Å²) in [5.74, 6) is -0.987. The Hall–Kier alpha value is -3.49. The van der Waals surface area contributed by atoms with Crippen LogP contribution in [0.3, 0.4) is 0 Å². The molecule has 3 aromatic rings. The Morgan fingerprint density at radius 3 is 2.77 bits per heavy atom. The van der Waals surface area contributed by atoms with Gasteiger partial charge in [0.1, 0.15) is 11.5 Å². The maximum Gasteiger partial charge on any atom is 0.274 e. The minimum atomic E-state index is -0.539. The highest BCUT2D eigenvalue weighted by Gasteiger charge is 2.22. The molecule has 0 spiro atoms. The van der Waals surface area contributed by atoms with Gasteiger partial charge in [-0.3, -0.25) is 24.7 Å². The Morgan fingerprint density at radius 1 is 1.09 bits per heavy atom. The van der Waals surface area contributed by atoms with E-state index in [1.54, 1.807) is 0 Å². The molecule has 8 heteroatoms. The lowest BCUT2D eigenvalue weighted by Gasteiger charge is -2.29. The molecule has 35 heavy (non-hydrogen) atoms. The van der Waals surface area contributed by atoms with Crippen molar-refractivity contribution in [3.05, 3.63) is 77.6 Å². The first-order valence-corrected chi connectivity index (χ1v) is 12.0. The number of aromatic nitrogens is 2. The summed E-state index contributed by atoms with van der Waals surface area (Å²) in [5, 5.41) is 12.4. The number of carbonyl (C=O) groups is 1. The van der Waals surface area contributed by atoms with Gasteiger partial charge in [-0.1, -0.05) is 12.1 Å². The summed E-state index contributed by atoms with van der Waals surface area (Å²) in [5.41, 5.74) is 5.15. The van der Waals surface area contributed by atoms with E-state index in [9.17, 15) is 14.3 Å². The normalized spacial score (nSPS) is 16.8. The third kappa shape index (κ3) is 5.44. The first-order chi connectivity index (χ1) is 17.1. The van der Waals surface area contributed by atoms with Gasteiger partial charge in [-0.05, 0) is 60.6 Å². The molecule has 2 N–H and O–H groups in total. The van der Waals surface area contributed by atoms with Crippen LogP contribution in [0.5, 0.6) is 0 Å². The van der Waals surface area contributed by atoms with E-state index in [0.29, 0.717) is 12.3 Å². The lowest BCUT2D eigenvalue weighted by Crippen LogP contribution is -2.35. The number of fused-ring (bicyclic) bond motifs is 1. The molecule has 0 aliphatic carbocycles. The molecule has 2 aliphatic heterocycles. The number of nitrogens with zero attached hydrogens (tertiary/aromatic N) is 4. The van der Waals surface area contributed by atoms with E-state index in [0.717, 1.165) is 73.1 Å². The fraction of sp³-hybridized carbons (Fsp3) is 0.333. The molecular formula is C27H28FN5O2. The lowest BCUT2D eigenvalue weighted by atomic mass is 9.94. The largest absolute Gasteiger partial charge is 0.393 e. The number of amides is 1. The van der Waals surface area contributed by atoms with Crippen LogP contribution < -0.4 is 5.32 Å². The number of nitrogens with one attached hydrogen (secondary N) is 1. The van der Waals surface area contributed by atoms with Crippen LogP contribution >= 0.6 is 0 Å². The van der Waals surface area contributed by atoms with Crippen molar-refractivity contribution in [3.8, 4) is 11.1 Å². The van der Waals surface area contributed by atoms with Crippen LogP contribution in [-0.2, 0) is 17.8 Å². The summed E-state index contributed by atoms with van der Waals surface area (Å²) in [6.07, 6.45) is 9.38. The zero-order valence-corrected chi connectivity index (χ0v) is 19.5. The van der Waals surface area contributed by atoms with E-state index < -0.39 is 11.7 Å². The predicted molar refractivity (Wildman–Crippen MR) is 133 cm³/mol. The molecule has 1 amide bonds. The quantitative estimate of drug-likeness (QED) is 0.591. The number of benzene rings is 1. The molecule has 0 bridgehead atoms. The highest BCUT2D eigenvalue weighted by Crippen LogP contribution is 2.27. The molecule has 0 atom stereocenters. The Balaban J connectivity index is 1.41. The third-order valence-electron chi connectivity index (χ3n) is 6.56. The summed E-state index contributed by atoms with van der Waals surface area (Å²) in [6, 6.07) is 9.41. The number of rotatable bonds is 5. The van der Waals surface area contributed by atoms with E-state index in [1.165, 1.54) is 18.5 Å². The number of pyridine rings is 2. The van der Waals surface area contributed by atoms with Gasteiger partial charge in [-0.15, -0.1) is 0 Å². The van der Waals surface area contributed by atoms with Gasteiger partial charge in [0.25, 0.3) is 5.91 Å². The monoisotopic (exact) mass is 473 g/mol. The van der Waals surface area contributed by atoms with Gasteiger partial charge in [0.15, 0.2) is 0 Å². The standard InChI is InChI=1S/C27H28FN5O2/c28-24-5-9-29-16-25(24)32-27(35)26-23-13-20(4-3-19(23)2-1-8-31-26)21-12-18(14-30-15-21)17-33-10-6-22(34)7-11-33/h3-5,9,12-16,22,34H,1-2,6-8,10-11,17H2,(H,32,35). The second-order valence-corrected chi connectivity index (χ2v) is 9.10. The molecule has 0 unspecified atom stereocenters. The Morgan fingerprint density at radius 2 is 1.94 bits per heavy atom. The van der Waals surface area contributed by atoms with Crippen LogP contribution in [0.15, 0.2) is 60.1 Å². The second kappa shape index (κ2) is 10.4. The summed E-state index contributed by atoms with van der Waals surface area (Å²) in [6.45, 7) is 3.06. The van der Waals surface area contributed by atoms with Crippen molar-refractivity contribution in [1.82, 2.24) is 14.9 Å². The molecule has 4 heterocycles. The minimum absolute atomic E-state index is 0.0317. The number of aliphatic hydroxyl groups is 1. The van der Waals surface area contributed by atoms with E-state index in [2.05, 4.69) is 37.3 Å². The second-order valence-electron chi connectivity index (χ2n) is 9.10. The van der Waals surface area contributed by atoms with Crippen molar-refractivity contribution in [2.75, 3.05) is 25.0 Å². The average Bonchev–Trinajstić information content (AvgIpc) is 3.09. The van der Waals surface area contributed by atoms with Crippen LogP contribution in [-0.4, -0.2) is 57.3 Å². The van der Waals surface area contributed by atoms with Crippen LogP contribution in [0.4, 0.5) is 10.1 Å². The minimum Gasteiger partial charge on any atom is -0.393 e. The van der Waals surface area contributed by atoms with Gasteiger partial charge in [-0.25, -0.2) is 4.39 Å². The van der Waals surface area contributed by atoms with E-state index in [4.69, 9.17) is 0 Å². The fourth-order valence-corrected chi connectivity index (χ4v) is 4.65. The van der Waals surface area contributed by atoms with Crippen LogP contribution in [0.1, 0.15) is 36.0 Å². The number of carbonyl (C=O) groups excluding carboxylic acids is 1. The number of likely N-dealkylation sites (tertiary alicyclic amines) is 1. The van der Waals surface area contributed by atoms with Gasteiger partial charge >= 0.3 is 0 Å². The molecule has 1 fully saturated rings. The molecule has 5 rings (SSSR count). The van der Waals surface area contributed by atoms with Crippen LogP contribution in [0.2, 0.25) is 0 Å². The van der Waals surface area contributed by atoms with Crippen molar-refractivity contribution in [1.29, 1.82) is 0 Å². The highest BCUT2D eigenvalue weighted by molar-refractivity contribution is 6.49. The number of aliphatic hydroxyl groups excluding tert-OH is 1. The Bertz CT molecular complexity index is 1250.